The number of guanidine groups is 1. The van der Waals surface area contributed by atoms with Crippen LogP contribution >= 0.6 is 0 Å². The number of aliphatic imine (C=N–C) groups is 1. The van der Waals surface area contributed by atoms with E-state index in [1.165, 1.54) is 44.9 Å². The minimum Gasteiger partial charge on any atom is -0.364 e. The summed E-state index contributed by atoms with van der Waals surface area (Å²) in [4.78, 5) is 6.45. The Balaban J connectivity index is 1.78. The first-order valence-corrected chi connectivity index (χ1v) is 8.10. The third kappa shape index (κ3) is 5.40. The Bertz CT molecular complexity index is 408. The Labute approximate surface area is 127 Å². The fourth-order valence-electron chi connectivity index (χ4n) is 3.00. The number of rotatable bonds is 4. The molecule has 118 valence electrons. The van der Waals surface area contributed by atoms with Gasteiger partial charge in [-0.3, -0.25) is 4.99 Å². The van der Waals surface area contributed by atoms with Gasteiger partial charge in [0, 0.05) is 26.7 Å². The summed E-state index contributed by atoms with van der Waals surface area (Å²) in [5, 5.41) is 7.46. The first-order chi connectivity index (χ1) is 10.3. The number of nitrogens with one attached hydrogen (secondary N) is 1. The van der Waals surface area contributed by atoms with Crippen LogP contribution in [0.5, 0.6) is 0 Å². The molecule has 0 aliphatic heterocycles. The second-order valence-electron chi connectivity index (χ2n) is 5.99. The van der Waals surface area contributed by atoms with Crippen molar-refractivity contribution < 1.29 is 4.52 Å². The van der Waals surface area contributed by atoms with E-state index >= 15 is 0 Å². The van der Waals surface area contributed by atoms with Gasteiger partial charge in [0.05, 0.1) is 6.54 Å². The summed E-state index contributed by atoms with van der Waals surface area (Å²) in [7, 11) is 3.86. The topological polar surface area (TPSA) is 53.7 Å². The zero-order chi connectivity index (χ0) is 14.9. The Hall–Kier alpha value is -1.52. The van der Waals surface area contributed by atoms with E-state index in [-0.39, 0.29) is 0 Å². The van der Waals surface area contributed by atoms with Gasteiger partial charge in [-0.05, 0) is 18.8 Å². The van der Waals surface area contributed by atoms with E-state index in [1.807, 2.05) is 20.2 Å². The molecular weight excluding hydrogens is 264 g/mol. The van der Waals surface area contributed by atoms with Gasteiger partial charge in [0.15, 0.2) is 5.96 Å². The Morgan fingerprint density at radius 3 is 2.67 bits per heavy atom. The van der Waals surface area contributed by atoms with Gasteiger partial charge < -0.3 is 14.7 Å². The molecule has 1 aliphatic rings. The lowest BCUT2D eigenvalue weighted by molar-refractivity contribution is 0.364. The van der Waals surface area contributed by atoms with Crippen LogP contribution in [0.15, 0.2) is 21.8 Å². The first kappa shape index (κ1) is 15.9. The van der Waals surface area contributed by atoms with Crippen LogP contribution in [-0.4, -0.2) is 36.7 Å². The normalized spacial score (nSPS) is 18.1. The van der Waals surface area contributed by atoms with Crippen molar-refractivity contribution in [2.75, 3.05) is 20.6 Å². The highest BCUT2D eigenvalue weighted by Crippen LogP contribution is 2.21. The minimum absolute atomic E-state index is 0.709. The summed E-state index contributed by atoms with van der Waals surface area (Å²) in [6.45, 7) is 1.73. The van der Waals surface area contributed by atoms with Crippen LogP contribution in [0.1, 0.15) is 50.6 Å². The Morgan fingerprint density at radius 2 is 2.05 bits per heavy atom. The van der Waals surface area contributed by atoms with Gasteiger partial charge in [-0.1, -0.05) is 37.3 Å². The third-order valence-electron chi connectivity index (χ3n) is 4.24. The molecule has 0 aromatic carbocycles. The van der Waals surface area contributed by atoms with Crippen molar-refractivity contribution in [1.29, 1.82) is 0 Å². The summed E-state index contributed by atoms with van der Waals surface area (Å²) >= 11 is 0. The number of aromatic nitrogens is 1. The molecule has 1 heterocycles. The maximum atomic E-state index is 4.87. The molecule has 1 N–H and O–H groups in total. The molecule has 0 atom stereocenters. The van der Waals surface area contributed by atoms with Crippen molar-refractivity contribution in [3.8, 4) is 0 Å². The summed E-state index contributed by atoms with van der Waals surface area (Å²) in [6, 6.07) is 1.89. The predicted octanol–water partition coefficient (Wildman–Crippen LogP) is 3.04. The molecule has 1 aromatic rings. The molecule has 0 amide bonds. The van der Waals surface area contributed by atoms with E-state index in [9.17, 15) is 0 Å². The molecule has 0 saturated heterocycles. The van der Waals surface area contributed by atoms with Crippen molar-refractivity contribution in [2.45, 2.75) is 51.5 Å². The zero-order valence-corrected chi connectivity index (χ0v) is 13.3. The van der Waals surface area contributed by atoms with Gasteiger partial charge in [0.1, 0.15) is 12.0 Å². The smallest absolute Gasteiger partial charge is 0.193 e. The zero-order valence-electron chi connectivity index (χ0n) is 13.3. The molecule has 1 saturated carbocycles. The maximum absolute atomic E-state index is 4.87. The second kappa shape index (κ2) is 8.70. The fourth-order valence-corrected chi connectivity index (χ4v) is 3.00. The predicted molar refractivity (Wildman–Crippen MR) is 85.1 cm³/mol. The van der Waals surface area contributed by atoms with Crippen molar-refractivity contribution in [3.05, 3.63) is 18.0 Å². The van der Waals surface area contributed by atoms with Crippen LogP contribution in [-0.2, 0) is 6.54 Å². The van der Waals surface area contributed by atoms with Crippen LogP contribution in [0, 0.1) is 5.92 Å². The SMILES string of the molecule is CN=C(NCC1CCCCCCC1)N(C)Cc1ccon1. The first-order valence-electron chi connectivity index (χ1n) is 8.10. The van der Waals surface area contributed by atoms with Gasteiger partial charge in [-0.2, -0.15) is 0 Å². The van der Waals surface area contributed by atoms with Crippen LogP contribution in [0.4, 0.5) is 0 Å². The van der Waals surface area contributed by atoms with E-state index in [1.54, 1.807) is 6.26 Å². The summed E-state index contributed by atoms with van der Waals surface area (Å²) < 4.78 is 4.87. The number of nitrogens with zero attached hydrogens (tertiary/aromatic N) is 3. The molecule has 5 nitrogen and oxygen atoms in total. The van der Waals surface area contributed by atoms with Crippen molar-refractivity contribution in [1.82, 2.24) is 15.4 Å². The Kier molecular flexibility index (Phi) is 6.57. The molecule has 5 heteroatoms. The quantitative estimate of drug-likeness (QED) is 0.684. The second-order valence-corrected chi connectivity index (χ2v) is 5.99. The van der Waals surface area contributed by atoms with E-state index < -0.39 is 0 Å². The van der Waals surface area contributed by atoms with Gasteiger partial charge in [-0.25, -0.2) is 0 Å². The molecule has 1 aliphatic carbocycles. The third-order valence-corrected chi connectivity index (χ3v) is 4.24. The Morgan fingerprint density at radius 1 is 1.33 bits per heavy atom. The number of hydrogen-bond acceptors (Lipinski definition) is 3. The molecular formula is C16H28N4O. The monoisotopic (exact) mass is 292 g/mol. The van der Waals surface area contributed by atoms with Gasteiger partial charge >= 0.3 is 0 Å². The molecule has 21 heavy (non-hydrogen) atoms. The molecule has 1 aromatic heterocycles. The summed E-state index contributed by atoms with van der Waals surface area (Å²) in [6.07, 6.45) is 11.3. The summed E-state index contributed by atoms with van der Waals surface area (Å²) in [5.74, 6) is 1.71. The maximum Gasteiger partial charge on any atom is 0.193 e. The van der Waals surface area contributed by atoms with Gasteiger partial charge in [0.2, 0.25) is 0 Å². The molecule has 0 bridgehead atoms. The van der Waals surface area contributed by atoms with Crippen LogP contribution in [0.3, 0.4) is 0 Å². The standard InChI is InChI=1S/C16H28N4O/c1-17-16(20(2)13-15-10-11-21-19-15)18-12-14-8-6-4-3-5-7-9-14/h10-11,14H,3-9,12-13H2,1-2H3,(H,17,18). The van der Waals surface area contributed by atoms with Crippen LogP contribution in [0.2, 0.25) is 0 Å². The lowest BCUT2D eigenvalue weighted by Crippen LogP contribution is -2.40. The highest BCUT2D eigenvalue weighted by molar-refractivity contribution is 5.79. The average molecular weight is 292 g/mol. The van der Waals surface area contributed by atoms with Crippen molar-refractivity contribution in [2.24, 2.45) is 10.9 Å². The van der Waals surface area contributed by atoms with Crippen LogP contribution < -0.4 is 5.32 Å². The molecule has 0 unspecified atom stereocenters. The lowest BCUT2D eigenvalue weighted by Gasteiger charge is -2.25. The summed E-state index contributed by atoms with van der Waals surface area (Å²) in [5.41, 5.74) is 0.923. The van der Waals surface area contributed by atoms with E-state index in [0.29, 0.717) is 6.54 Å². The molecule has 0 spiro atoms. The van der Waals surface area contributed by atoms with Gasteiger partial charge in [0.25, 0.3) is 0 Å². The van der Waals surface area contributed by atoms with Crippen molar-refractivity contribution in [3.63, 3.8) is 0 Å². The average Bonchev–Trinajstić information content (AvgIpc) is 2.94. The van der Waals surface area contributed by atoms with Gasteiger partial charge in [-0.15, -0.1) is 0 Å². The molecule has 1 fully saturated rings. The van der Waals surface area contributed by atoms with E-state index in [4.69, 9.17) is 4.52 Å². The van der Waals surface area contributed by atoms with Crippen molar-refractivity contribution >= 4 is 5.96 Å². The fraction of sp³-hybridized carbons (Fsp3) is 0.750. The highest BCUT2D eigenvalue weighted by atomic mass is 16.5. The lowest BCUT2D eigenvalue weighted by atomic mass is 9.91. The molecule has 2 rings (SSSR count). The molecule has 0 radical (unpaired) electrons. The highest BCUT2D eigenvalue weighted by Gasteiger charge is 2.14. The number of hydrogen-bond donors (Lipinski definition) is 1. The minimum atomic E-state index is 0.709. The van der Waals surface area contributed by atoms with E-state index in [2.05, 4.69) is 20.4 Å². The largest absolute Gasteiger partial charge is 0.364 e. The van der Waals surface area contributed by atoms with E-state index in [0.717, 1.165) is 24.1 Å². The van der Waals surface area contributed by atoms with Crippen LogP contribution in [0.25, 0.3) is 0 Å².